The predicted octanol–water partition coefficient (Wildman–Crippen LogP) is 15.8. The highest BCUT2D eigenvalue weighted by Crippen LogP contribution is 2.41. The van der Waals surface area contributed by atoms with Crippen LogP contribution in [0.25, 0.3) is 38.5 Å². The van der Waals surface area contributed by atoms with Crippen LogP contribution >= 0.6 is 0 Å². The number of hydrogen-bond acceptors (Lipinski definition) is 3. The SMILES string of the molecule is [C-]#[N+]c1ccc(N(c2ccc([Si](C)(C)C)cc2)c2cc(C)c3cc(/C=C/c4cc(C)c5cc(N(c6ccc(C#N)cc6)c6ccc([Si](C)(C)C)cc6)cc(C)c5c4)cc(C)c3c2)cc1. The van der Waals surface area contributed by atoms with Gasteiger partial charge in [-0.15, -0.1) is 0 Å². The lowest BCUT2D eigenvalue weighted by Crippen LogP contribution is -2.37. The molecule has 316 valence electrons. The third kappa shape index (κ3) is 8.94. The first-order valence-corrected chi connectivity index (χ1v) is 29.1. The first-order valence-electron chi connectivity index (χ1n) is 22.1. The van der Waals surface area contributed by atoms with E-state index in [1.807, 2.05) is 36.4 Å². The van der Waals surface area contributed by atoms with Gasteiger partial charge in [-0.1, -0.05) is 110 Å². The topological polar surface area (TPSA) is 34.6 Å². The molecule has 0 bridgehead atoms. The Kier molecular flexibility index (Phi) is 11.8. The molecular weight excluding hydrogens is 809 g/mol. The zero-order valence-electron chi connectivity index (χ0n) is 38.8. The molecule has 0 spiro atoms. The van der Waals surface area contributed by atoms with E-state index in [0.29, 0.717) is 11.3 Å². The zero-order chi connectivity index (χ0) is 45.5. The lowest BCUT2D eigenvalue weighted by molar-refractivity contribution is 1.28. The molecule has 0 amide bonds. The number of rotatable bonds is 10. The zero-order valence-corrected chi connectivity index (χ0v) is 40.8. The lowest BCUT2D eigenvalue weighted by atomic mass is 9.95. The van der Waals surface area contributed by atoms with Crippen LogP contribution in [-0.4, -0.2) is 16.1 Å². The van der Waals surface area contributed by atoms with Gasteiger partial charge in [-0.2, -0.15) is 5.26 Å². The van der Waals surface area contributed by atoms with Crippen LogP contribution in [-0.2, 0) is 0 Å². The second-order valence-corrected chi connectivity index (χ2v) is 29.4. The minimum atomic E-state index is -1.47. The van der Waals surface area contributed by atoms with Crippen molar-refractivity contribution >= 4 is 100 Å². The number of nitrogens with zero attached hydrogens (tertiary/aromatic N) is 4. The van der Waals surface area contributed by atoms with Crippen LogP contribution in [0.2, 0.25) is 39.3 Å². The number of benzene rings is 8. The quantitative estimate of drug-likeness (QED) is 0.0780. The van der Waals surface area contributed by atoms with Crippen LogP contribution in [0.3, 0.4) is 0 Å². The fraction of sp³-hybridized carbons (Fsp3) is 0.172. The third-order valence-electron chi connectivity index (χ3n) is 12.4. The molecule has 0 fully saturated rings. The summed E-state index contributed by atoms with van der Waals surface area (Å²) in [5.74, 6) is 0. The lowest BCUT2D eigenvalue weighted by Gasteiger charge is -2.28. The van der Waals surface area contributed by atoms with Gasteiger partial charge >= 0.3 is 0 Å². The Morgan fingerprint density at radius 3 is 1.11 bits per heavy atom. The average molecular weight is 865 g/mol. The van der Waals surface area contributed by atoms with Gasteiger partial charge in [0, 0.05) is 34.1 Å². The minimum Gasteiger partial charge on any atom is -0.311 e. The maximum Gasteiger partial charge on any atom is 0.187 e. The summed E-state index contributed by atoms with van der Waals surface area (Å²) >= 11 is 0. The molecular formula is C58H56N4Si2. The molecule has 0 saturated carbocycles. The number of hydrogen-bond donors (Lipinski definition) is 0. The predicted molar refractivity (Wildman–Crippen MR) is 282 cm³/mol. The van der Waals surface area contributed by atoms with E-state index in [-0.39, 0.29) is 0 Å². The van der Waals surface area contributed by atoms with Crippen LogP contribution < -0.4 is 20.2 Å². The van der Waals surface area contributed by atoms with Crippen molar-refractivity contribution in [3.63, 3.8) is 0 Å². The number of anilines is 6. The third-order valence-corrected chi connectivity index (χ3v) is 16.6. The molecule has 6 heteroatoms. The van der Waals surface area contributed by atoms with E-state index in [0.717, 1.165) is 45.3 Å². The molecule has 0 aliphatic carbocycles. The van der Waals surface area contributed by atoms with Crippen LogP contribution in [0, 0.1) is 45.6 Å². The fourth-order valence-electron chi connectivity index (χ4n) is 8.79. The van der Waals surface area contributed by atoms with Gasteiger partial charge in [-0.3, -0.25) is 0 Å². The van der Waals surface area contributed by atoms with Gasteiger partial charge in [0.25, 0.3) is 0 Å². The molecule has 8 rings (SSSR count). The van der Waals surface area contributed by atoms with Crippen molar-refractivity contribution in [2.24, 2.45) is 0 Å². The summed E-state index contributed by atoms with van der Waals surface area (Å²) in [6.45, 7) is 30.6. The van der Waals surface area contributed by atoms with E-state index in [9.17, 15) is 5.26 Å². The summed E-state index contributed by atoms with van der Waals surface area (Å²) in [6.07, 6.45) is 4.48. The summed E-state index contributed by atoms with van der Waals surface area (Å²) in [6, 6.07) is 54.6. The van der Waals surface area contributed by atoms with Crippen molar-refractivity contribution in [3.8, 4) is 6.07 Å². The Balaban J connectivity index is 1.13. The Labute approximate surface area is 382 Å². The van der Waals surface area contributed by atoms with E-state index in [2.05, 4.69) is 209 Å². The number of nitriles is 1. The fourth-order valence-corrected chi connectivity index (χ4v) is 11.1. The van der Waals surface area contributed by atoms with Crippen LogP contribution in [0.15, 0.2) is 146 Å². The maximum atomic E-state index is 9.54. The summed E-state index contributed by atoms with van der Waals surface area (Å²) in [7, 11) is -2.94. The van der Waals surface area contributed by atoms with Crippen LogP contribution in [0.4, 0.5) is 39.8 Å². The van der Waals surface area contributed by atoms with E-state index in [1.54, 1.807) is 0 Å². The molecule has 0 aliphatic rings. The molecule has 0 aromatic heterocycles. The second kappa shape index (κ2) is 17.3. The highest BCUT2D eigenvalue weighted by Gasteiger charge is 2.21. The minimum absolute atomic E-state index is 0.633. The molecule has 4 nitrogen and oxygen atoms in total. The molecule has 8 aromatic carbocycles. The number of aryl methyl sites for hydroxylation is 4. The van der Waals surface area contributed by atoms with Crippen molar-refractivity contribution < 1.29 is 0 Å². The Bertz CT molecular complexity index is 2940. The van der Waals surface area contributed by atoms with E-state index in [1.165, 1.54) is 54.2 Å². The van der Waals surface area contributed by atoms with Gasteiger partial charge in [0.05, 0.1) is 34.4 Å². The van der Waals surface area contributed by atoms with Gasteiger partial charge in [-0.25, -0.2) is 4.85 Å². The van der Waals surface area contributed by atoms with Gasteiger partial charge in [0.15, 0.2) is 5.69 Å². The summed E-state index contributed by atoms with van der Waals surface area (Å²) in [5, 5.41) is 17.3. The monoisotopic (exact) mass is 864 g/mol. The largest absolute Gasteiger partial charge is 0.311 e. The Hall–Kier alpha value is -6.97. The molecule has 0 unspecified atom stereocenters. The van der Waals surface area contributed by atoms with Crippen molar-refractivity contribution in [2.45, 2.75) is 67.0 Å². The van der Waals surface area contributed by atoms with Crippen LogP contribution in [0.5, 0.6) is 0 Å². The summed E-state index contributed by atoms with van der Waals surface area (Å²) in [5.41, 5.74) is 14.9. The van der Waals surface area contributed by atoms with Crippen molar-refractivity contribution in [1.82, 2.24) is 0 Å². The van der Waals surface area contributed by atoms with Gasteiger partial charge in [-0.05, 0) is 180 Å². The molecule has 0 radical (unpaired) electrons. The van der Waals surface area contributed by atoms with E-state index < -0.39 is 16.1 Å². The van der Waals surface area contributed by atoms with Crippen molar-refractivity contribution in [2.75, 3.05) is 9.80 Å². The normalized spacial score (nSPS) is 11.8. The molecule has 0 heterocycles. The molecule has 0 N–H and O–H groups in total. The number of fused-ring (bicyclic) bond motifs is 2. The highest BCUT2D eigenvalue weighted by atomic mass is 28.3. The van der Waals surface area contributed by atoms with Gasteiger partial charge in [0.1, 0.15) is 0 Å². The molecule has 0 aliphatic heterocycles. The molecule has 8 aromatic rings. The molecule has 64 heavy (non-hydrogen) atoms. The standard InChI is InChI=1S/C58H56N4Si2/c1-39-30-44(34-55-41(3)32-51(36-57(39)55)61(47-18-14-43(38-59)15-19-47)49-22-26-53(27-23-49)63(6,7)8)12-13-45-31-40(2)58-37-52(33-42(4)56(58)35-45)62(48-20-16-46(60-5)17-21-48)50-24-28-54(29-25-50)64(9,10)11/h12-37H,1-4,6-11H3/b13-12+. The maximum absolute atomic E-state index is 9.54. The summed E-state index contributed by atoms with van der Waals surface area (Å²) < 4.78 is 0. The highest BCUT2D eigenvalue weighted by molar-refractivity contribution is 6.89. The molecule has 0 atom stereocenters. The van der Waals surface area contributed by atoms with Crippen molar-refractivity contribution in [3.05, 3.63) is 196 Å². The second-order valence-electron chi connectivity index (χ2n) is 19.3. The first-order chi connectivity index (χ1) is 30.5. The van der Waals surface area contributed by atoms with E-state index >= 15 is 0 Å². The van der Waals surface area contributed by atoms with Gasteiger partial charge < -0.3 is 9.80 Å². The van der Waals surface area contributed by atoms with E-state index in [4.69, 9.17) is 6.57 Å². The van der Waals surface area contributed by atoms with Crippen LogP contribution in [0.1, 0.15) is 38.9 Å². The Morgan fingerprint density at radius 1 is 0.438 bits per heavy atom. The molecule has 0 saturated heterocycles. The summed E-state index contributed by atoms with van der Waals surface area (Å²) in [4.78, 5) is 8.26. The first kappa shape index (κ1) is 43.7. The van der Waals surface area contributed by atoms with Crippen molar-refractivity contribution in [1.29, 1.82) is 5.26 Å². The average Bonchev–Trinajstić information content (AvgIpc) is 3.27. The van der Waals surface area contributed by atoms with Gasteiger partial charge in [0.2, 0.25) is 0 Å². The Morgan fingerprint density at radius 2 is 0.766 bits per heavy atom. The smallest absolute Gasteiger partial charge is 0.187 e.